The van der Waals surface area contributed by atoms with Crippen molar-refractivity contribution in [2.75, 3.05) is 24.8 Å². The maximum atomic E-state index is 13.5. The van der Waals surface area contributed by atoms with Crippen LogP contribution in [0.25, 0.3) is 10.2 Å². The van der Waals surface area contributed by atoms with Crippen LogP contribution < -0.4 is 24.0 Å². The number of fused-ring (bicyclic) bond motifs is 1. The minimum absolute atomic E-state index is 0.0186. The lowest BCUT2D eigenvalue weighted by Gasteiger charge is -2.26. The van der Waals surface area contributed by atoms with Crippen molar-refractivity contribution in [1.29, 1.82) is 0 Å². The topological polar surface area (TPSA) is 160 Å². The Morgan fingerprint density at radius 1 is 0.726 bits per heavy atom. The fourth-order valence-electron chi connectivity index (χ4n) is 7.63. The Kier molecular flexibility index (Phi) is 16.8. The number of hydrogen-bond donors (Lipinski definition) is 0. The molecule has 0 atom stereocenters. The minimum atomic E-state index is -0.406. The lowest BCUT2D eigenvalue weighted by atomic mass is 9.80. The zero-order valence-corrected chi connectivity index (χ0v) is 36.3. The van der Waals surface area contributed by atoms with Gasteiger partial charge in [-0.15, -0.1) is 0 Å². The summed E-state index contributed by atoms with van der Waals surface area (Å²) in [6, 6.07) is 19.6. The van der Waals surface area contributed by atoms with Gasteiger partial charge in [-0.1, -0.05) is 30.0 Å². The molecule has 1 aromatic heterocycles. The first-order valence-corrected chi connectivity index (χ1v) is 22.4. The van der Waals surface area contributed by atoms with Crippen molar-refractivity contribution in [1.82, 2.24) is 4.98 Å². The molecular weight excluding hydrogens is 811 g/mol. The molecule has 6 rings (SSSR count). The molecule has 2 aliphatic rings. The highest BCUT2D eigenvalue weighted by molar-refractivity contribution is 7.22. The Bertz CT molecular complexity index is 2170. The molecule has 14 heteroatoms. The summed E-state index contributed by atoms with van der Waals surface area (Å²) in [5, 5.41) is 7.18. The first-order chi connectivity index (χ1) is 30.1. The van der Waals surface area contributed by atoms with Crippen LogP contribution in [0.15, 0.2) is 84.5 Å². The van der Waals surface area contributed by atoms with Crippen molar-refractivity contribution in [3.05, 3.63) is 84.9 Å². The largest absolute Gasteiger partial charge is 0.494 e. The standard InChI is InChI=1S/C48H55N3O10S/c1-4-44(53)58-29-11-7-6-10-28-57-38-22-24-39(25-23-38)59-45(54)34-18-20-35(21-19-34)46(55)60-40-26-27-42(61-47(56)36-16-14-33(15-17-36)32(3)52)37(30-40)31-49-51(5-2)48-50-41-12-8-9-13-43(41)62-48/h4,8-9,12-13,22-27,30-31,33-36H,1,5-7,10-11,14-21,28-29H2,2-3H3/b49-31+/t33-,34-,35-,36-. The van der Waals surface area contributed by atoms with E-state index in [-0.39, 0.29) is 47.0 Å². The van der Waals surface area contributed by atoms with Gasteiger partial charge in [0.25, 0.3) is 0 Å². The van der Waals surface area contributed by atoms with Gasteiger partial charge in [-0.2, -0.15) is 5.10 Å². The van der Waals surface area contributed by atoms with Gasteiger partial charge in [0.2, 0.25) is 5.13 Å². The van der Waals surface area contributed by atoms with Crippen LogP contribution in [0.4, 0.5) is 5.13 Å². The predicted molar refractivity (Wildman–Crippen MR) is 237 cm³/mol. The number of esters is 4. The Balaban J connectivity index is 1.01. The summed E-state index contributed by atoms with van der Waals surface area (Å²) in [6.07, 6.45) is 10.6. The lowest BCUT2D eigenvalue weighted by molar-refractivity contribution is -0.145. The number of nitrogens with zero attached hydrogens (tertiary/aromatic N) is 3. The molecule has 2 aliphatic carbocycles. The zero-order valence-electron chi connectivity index (χ0n) is 35.5. The Morgan fingerprint density at radius 3 is 1.90 bits per heavy atom. The van der Waals surface area contributed by atoms with Gasteiger partial charge in [0.1, 0.15) is 28.8 Å². The van der Waals surface area contributed by atoms with E-state index >= 15 is 0 Å². The van der Waals surface area contributed by atoms with Crippen LogP contribution in [-0.4, -0.2) is 60.6 Å². The molecule has 4 aromatic rings. The molecule has 0 aliphatic heterocycles. The van der Waals surface area contributed by atoms with Crippen LogP contribution >= 0.6 is 11.3 Å². The maximum Gasteiger partial charge on any atom is 0.330 e. The number of benzene rings is 3. The van der Waals surface area contributed by atoms with Crippen molar-refractivity contribution in [2.24, 2.45) is 28.8 Å². The van der Waals surface area contributed by atoms with Crippen molar-refractivity contribution in [2.45, 2.75) is 90.9 Å². The SMILES string of the molecule is C=CC(=O)OCCCCCCOc1ccc(OC(=O)[C@H]2CC[C@H](C(=O)Oc3ccc(OC(=O)[C@H]4CC[C@H](C(C)=O)CC4)c(/C=N/N(CC)c4nc5ccccc5s4)c3)CC2)cc1. The van der Waals surface area contributed by atoms with Gasteiger partial charge in [0, 0.05) is 24.1 Å². The average molecular weight is 866 g/mol. The number of unbranched alkanes of at least 4 members (excludes halogenated alkanes) is 3. The number of anilines is 1. The Morgan fingerprint density at radius 2 is 1.29 bits per heavy atom. The highest BCUT2D eigenvalue weighted by Crippen LogP contribution is 2.35. The number of rotatable bonds is 20. The van der Waals surface area contributed by atoms with Crippen LogP contribution in [0.5, 0.6) is 23.0 Å². The normalized spacial score (nSPS) is 18.7. The molecule has 0 bridgehead atoms. The molecule has 2 fully saturated rings. The number of carbonyl (C=O) groups excluding carboxylic acids is 5. The highest BCUT2D eigenvalue weighted by atomic mass is 32.1. The van der Waals surface area contributed by atoms with Gasteiger partial charge in [-0.05, 0) is 145 Å². The van der Waals surface area contributed by atoms with Crippen LogP contribution in [0.3, 0.4) is 0 Å². The maximum absolute atomic E-state index is 13.5. The summed E-state index contributed by atoms with van der Waals surface area (Å²) in [7, 11) is 0. The molecule has 1 heterocycles. The average Bonchev–Trinajstić information content (AvgIpc) is 3.73. The number of ketones is 1. The number of thiazole rings is 1. The van der Waals surface area contributed by atoms with E-state index in [1.54, 1.807) is 60.6 Å². The van der Waals surface area contributed by atoms with Crippen LogP contribution in [0.2, 0.25) is 0 Å². The van der Waals surface area contributed by atoms with Gasteiger partial charge in [-0.25, -0.2) is 14.8 Å². The van der Waals surface area contributed by atoms with E-state index in [4.69, 9.17) is 33.8 Å². The van der Waals surface area contributed by atoms with Gasteiger partial charge in [-0.3, -0.25) is 19.2 Å². The second kappa shape index (κ2) is 22.8. The van der Waals surface area contributed by atoms with Crippen molar-refractivity contribution in [3.63, 3.8) is 0 Å². The zero-order chi connectivity index (χ0) is 43.8. The van der Waals surface area contributed by atoms with Gasteiger partial charge >= 0.3 is 23.9 Å². The third kappa shape index (κ3) is 13.1. The Labute approximate surface area is 366 Å². The molecule has 0 radical (unpaired) electrons. The second-order valence-electron chi connectivity index (χ2n) is 15.7. The predicted octanol–water partition coefficient (Wildman–Crippen LogP) is 9.44. The first-order valence-electron chi connectivity index (χ1n) is 21.6. The lowest BCUT2D eigenvalue weighted by Crippen LogP contribution is -2.30. The number of hydrazone groups is 1. The molecule has 0 unspecified atom stereocenters. The van der Waals surface area contributed by atoms with Crippen molar-refractivity contribution < 1.29 is 47.7 Å². The van der Waals surface area contributed by atoms with Crippen molar-refractivity contribution in [3.8, 4) is 23.0 Å². The minimum Gasteiger partial charge on any atom is -0.494 e. The monoisotopic (exact) mass is 865 g/mol. The molecule has 0 amide bonds. The molecule has 13 nitrogen and oxygen atoms in total. The van der Waals surface area contributed by atoms with E-state index in [9.17, 15) is 24.0 Å². The molecule has 0 saturated heterocycles. The second-order valence-corrected chi connectivity index (χ2v) is 16.7. The third-order valence-corrected chi connectivity index (χ3v) is 12.4. The molecule has 328 valence electrons. The fourth-order valence-corrected chi connectivity index (χ4v) is 8.61. The van der Waals surface area contributed by atoms with Gasteiger partial charge in [0.05, 0.1) is 47.4 Å². The fraction of sp³-hybridized carbons (Fsp3) is 0.438. The van der Waals surface area contributed by atoms with Crippen molar-refractivity contribution >= 4 is 62.6 Å². The summed E-state index contributed by atoms with van der Waals surface area (Å²) in [5.74, 6) is -0.793. The third-order valence-electron chi connectivity index (χ3n) is 11.3. The van der Waals surface area contributed by atoms with Gasteiger partial charge in [0.15, 0.2) is 0 Å². The first kappa shape index (κ1) is 45.6. The quantitative estimate of drug-likeness (QED) is 0.0207. The summed E-state index contributed by atoms with van der Waals surface area (Å²) in [4.78, 5) is 67.6. The number of hydrogen-bond acceptors (Lipinski definition) is 14. The van der Waals surface area contributed by atoms with Crippen LogP contribution in [0, 0.1) is 23.7 Å². The molecular formula is C48H55N3O10S. The van der Waals surface area contributed by atoms with E-state index in [2.05, 4.69) is 6.58 Å². The van der Waals surface area contributed by atoms with E-state index < -0.39 is 17.9 Å². The molecule has 2 saturated carbocycles. The number of ether oxygens (including phenoxy) is 5. The number of aromatic nitrogens is 1. The smallest absolute Gasteiger partial charge is 0.330 e. The summed E-state index contributed by atoms with van der Waals surface area (Å²) >= 11 is 1.52. The molecule has 3 aromatic carbocycles. The number of para-hydroxylation sites is 1. The van der Waals surface area contributed by atoms with E-state index in [0.717, 1.165) is 42.0 Å². The summed E-state index contributed by atoms with van der Waals surface area (Å²) in [5.41, 5.74) is 1.32. The number of Topliss-reactive ketones (excluding diaryl/α,β-unsaturated/α-hetero) is 1. The summed E-state index contributed by atoms with van der Waals surface area (Å²) < 4.78 is 29.3. The molecule has 62 heavy (non-hydrogen) atoms. The van der Waals surface area contributed by atoms with Crippen LogP contribution in [0.1, 0.15) is 96.5 Å². The van der Waals surface area contributed by atoms with E-state index in [0.29, 0.717) is 93.3 Å². The Hall–Kier alpha value is -5.89. The van der Waals surface area contributed by atoms with E-state index in [1.807, 2.05) is 31.2 Å². The summed E-state index contributed by atoms with van der Waals surface area (Å²) in [6.45, 7) is 8.39. The highest BCUT2D eigenvalue weighted by Gasteiger charge is 2.33. The van der Waals surface area contributed by atoms with Gasteiger partial charge < -0.3 is 23.7 Å². The van der Waals surface area contributed by atoms with E-state index in [1.165, 1.54) is 11.3 Å². The molecule has 0 spiro atoms. The van der Waals surface area contributed by atoms with Crippen LogP contribution in [-0.2, 0) is 28.7 Å². The number of carbonyl (C=O) groups is 5. The molecule has 0 N–H and O–H groups in total.